The fourth-order valence-electron chi connectivity index (χ4n) is 9.84. The van der Waals surface area contributed by atoms with Crippen LogP contribution in [0.25, 0.3) is 6.08 Å². The smallest absolute Gasteiger partial charge is 0.385 e. The zero-order valence-electron chi connectivity index (χ0n) is 28.6. The summed E-state index contributed by atoms with van der Waals surface area (Å²) >= 11 is 0. The van der Waals surface area contributed by atoms with Crippen molar-refractivity contribution in [3.63, 3.8) is 0 Å². The van der Waals surface area contributed by atoms with Gasteiger partial charge in [-0.3, -0.25) is 0 Å². The summed E-state index contributed by atoms with van der Waals surface area (Å²) in [6.45, 7) is 6.28. The van der Waals surface area contributed by atoms with Crippen LogP contribution in [0.15, 0.2) is 41.5 Å². The van der Waals surface area contributed by atoms with Gasteiger partial charge in [0.05, 0.1) is 37.4 Å². The number of hydrogen-bond acceptors (Lipinski definition) is 7. The summed E-state index contributed by atoms with van der Waals surface area (Å²) in [6.07, 6.45) is -2.29. The molecule has 0 bridgehead atoms. The number of halogens is 5. The van der Waals surface area contributed by atoms with Gasteiger partial charge >= 0.3 is 12.1 Å². The summed E-state index contributed by atoms with van der Waals surface area (Å²) < 4.78 is 84.1. The normalized spacial score (nSPS) is 36.2. The maximum Gasteiger partial charge on any atom is 0.456 e. The Bertz CT molecular complexity index is 1630. The Hall–Kier alpha value is -2.87. The molecule has 1 aromatic carbocycles. The highest BCUT2D eigenvalue weighted by atomic mass is 19.4. The Labute approximate surface area is 289 Å². The van der Waals surface area contributed by atoms with Crippen LogP contribution in [-0.2, 0) is 9.47 Å². The van der Waals surface area contributed by atoms with Crippen LogP contribution in [-0.4, -0.2) is 63.2 Å². The van der Waals surface area contributed by atoms with Crippen molar-refractivity contribution in [2.75, 3.05) is 13.2 Å². The molecule has 1 heterocycles. The minimum atomic E-state index is -5.89. The van der Waals surface area contributed by atoms with Crippen molar-refractivity contribution in [1.29, 1.82) is 10.5 Å². The third-order valence-corrected chi connectivity index (χ3v) is 12.6. The first-order chi connectivity index (χ1) is 23.2. The average molecular weight is 705 g/mol. The van der Waals surface area contributed by atoms with Gasteiger partial charge in [0.25, 0.3) is 0 Å². The Morgan fingerprint density at radius 1 is 0.960 bits per heavy atom. The van der Waals surface area contributed by atoms with Crippen molar-refractivity contribution < 1.29 is 46.7 Å². The first-order valence-corrected chi connectivity index (χ1v) is 17.4. The molecule has 3 N–H and O–H groups in total. The van der Waals surface area contributed by atoms with E-state index in [0.717, 1.165) is 22.3 Å². The molecular weight excluding hydrogens is 659 g/mol. The van der Waals surface area contributed by atoms with Crippen LogP contribution in [0.4, 0.5) is 22.0 Å². The molecule has 0 amide bonds. The molecule has 5 aliphatic rings. The zero-order valence-corrected chi connectivity index (χ0v) is 28.6. The van der Waals surface area contributed by atoms with Crippen LogP contribution in [0.5, 0.6) is 0 Å². The molecule has 1 aromatic rings. The van der Waals surface area contributed by atoms with E-state index < -0.39 is 58.4 Å². The maximum atomic E-state index is 15.1. The Morgan fingerprint density at radius 2 is 1.62 bits per heavy atom. The van der Waals surface area contributed by atoms with Crippen molar-refractivity contribution in [2.24, 2.45) is 22.7 Å². The number of benzene rings is 1. The van der Waals surface area contributed by atoms with E-state index >= 15 is 8.78 Å². The summed E-state index contributed by atoms with van der Waals surface area (Å²) in [4.78, 5) is 0. The van der Waals surface area contributed by atoms with Crippen LogP contribution in [0.3, 0.4) is 0 Å². The fraction of sp³-hybridized carbons (Fsp3) is 0.684. The summed E-state index contributed by atoms with van der Waals surface area (Å²) in [5, 5.41) is 52.3. The van der Waals surface area contributed by atoms with E-state index in [0.29, 0.717) is 26.1 Å². The lowest BCUT2D eigenvalue weighted by atomic mass is 9.51. The second-order valence-electron chi connectivity index (χ2n) is 16.4. The molecule has 272 valence electrons. The van der Waals surface area contributed by atoms with Gasteiger partial charge in [-0.2, -0.15) is 32.5 Å². The van der Waals surface area contributed by atoms with Crippen molar-refractivity contribution in [2.45, 2.75) is 126 Å². The molecule has 3 saturated carbocycles. The molecule has 4 aliphatic carbocycles. The minimum Gasteiger partial charge on any atom is -0.385 e. The van der Waals surface area contributed by atoms with E-state index in [9.17, 15) is 33.8 Å². The highest BCUT2D eigenvalue weighted by Gasteiger charge is 2.78. The molecular formula is C38H45F5N2O5. The van der Waals surface area contributed by atoms with Gasteiger partial charge in [-0.05, 0) is 67.1 Å². The number of fused-ring (bicyclic) bond motifs is 4. The summed E-state index contributed by atoms with van der Waals surface area (Å²) in [6, 6.07) is 11.1. The lowest BCUT2D eigenvalue weighted by molar-refractivity contribution is -0.362. The first kappa shape index (κ1) is 36.9. The fourth-order valence-corrected chi connectivity index (χ4v) is 9.84. The summed E-state index contributed by atoms with van der Waals surface area (Å²) in [5.74, 6) is -7.77. The van der Waals surface area contributed by atoms with Gasteiger partial charge in [-0.1, -0.05) is 62.8 Å². The van der Waals surface area contributed by atoms with Crippen molar-refractivity contribution in [3.8, 4) is 12.1 Å². The van der Waals surface area contributed by atoms with Crippen LogP contribution in [0, 0.1) is 45.3 Å². The maximum absolute atomic E-state index is 15.1. The Balaban J connectivity index is 1.37. The minimum absolute atomic E-state index is 0.0186. The molecule has 4 fully saturated rings. The van der Waals surface area contributed by atoms with E-state index in [4.69, 9.17) is 14.7 Å². The number of allylic oxidation sites excluding steroid dienone is 1. The number of nitriles is 2. The number of aliphatic hydroxyl groups is 3. The second-order valence-corrected chi connectivity index (χ2v) is 16.4. The van der Waals surface area contributed by atoms with Gasteiger partial charge in [0.1, 0.15) is 5.60 Å². The van der Waals surface area contributed by atoms with Crippen LogP contribution < -0.4 is 0 Å². The molecule has 0 radical (unpaired) electrons. The molecule has 7 nitrogen and oxygen atoms in total. The molecule has 1 aliphatic heterocycles. The van der Waals surface area contributed by atoms with Crippen LogP contribution in [0.1, 0.15) is 102 Å². The molecule has 1 spiro atoms. The van der Waals surface area contributed by atoms with Crippen molar-refractivity contribution >= 4 is 6.08 Å². The van der Waals surface area contributed by atoms with E-state index in [2.05, 4.69) is 0 Å². The number of hydrogen-bond donors (Lipinski definition) is 3. The molecule has 0 aromatic heterocycles. The molecule has 1 saturated heterocycles. The van der Waals surface area contributed by atoms with E-state index in [1.54, 1.807) is 18.2 Å². The summed E-state index contributed by atoms with van der Waals surface area (Å²) in [5.41, 5.74) is -5.05. The average Bonchev–Trinajstić information content (AvgIpc) is 3.33. The van der Waals surface area contributed by atoms with Gasteiger partial charge < -0.3 is 24.8 Å². The number of ether oxygens (including phenoxy) is 2. The standard InChI is InChI=1S/C38H45F5N2O5/c1-31(2)22-49-35(50-23-31)19-28(25-8-6-24(7-9-25)5-4-13-33(46,21-45)17-18-44)30-27-10-14-32(3)29(26(27)11-15-34(30,47)20-35)12-16-36(32,48)37(39,40)38(41,42)43/h4-9,26,28-29,46-48H,10-17,19-20,22-23H2,1-3H3/b5-4+/t26-,28?,29+,32+,33?,34-,36+/m1/s1. The van der Waals surface area contributed by atoms with E-state index in [-0.39, 0.29) is 56.3 Å². The highest BCUT2D eigenvalue weighted by Crippen LogP contribution is 2.70. The topological polar surface area (TPSA) is 127 Å². The Kier molecular flexibility index (Phi) is 8.93. The molecule has 12 heteroatoms. The molecule has 2 unspecified atom stereocenters. The number of rotatable bonds is 6. The molecule has 7 atom stereocenters. The molecule has 6 rings (SSSR count). The van der Waals surface area contributed by atoms with Crippen LogP contribution >= 0.6 is 0 Å². The lowest BCUT2D eigenvalue weighted by Gasteiger charge is -2.59. The van der Waals surface area contributed by atoms with Gasteiger partial charge in [-0.25, -0.2) is 0 Å². The largest absolute Gasteiger partial charge is 0.456 e. The predicted molar refractivity (Wildman–Crippen MR) is 172 cm³/mol. The van der Waals surface area contributed by atoms with E-state index in [1.165, 1.54) is 6.92 Å². The van der Waals surface area contributed by atoms with Gasteiger partial charge in [0.2, 0.25) is 0 Å². The molecule has 50 heavy (non-hydrogen) atoms. The third kappa shape index (κ3) is 5.80. The number of nitrogens with zero attached hydrogens (tertiary/aromatic N) is 2. The highest BCUT2D eigenvalue weighted by molar-refractivity contribution is 5.52. The predicted octanol–water partition coefficient (Wildman–Crippen LogP) is 7.48. The van der Waals surface area contributed by atoms with E-state index in [1.807, 2.05) is 44.2 Å². The van der Waals surface area contributed by atoms with Crippen molar-refractivity contribution in [1.82, 2.24) is 0 Å². The summed E-state index contributed by atoms with van der Waals surface area (Å²) in [7, 11) is 0. The monoisotopic (exact) mass is 704 g/mol. The van der Waals surface area contributed by atoms with Crippen molar-refractivity contribution in [3.05, 3.63) is 52.6 Å². The SMILES string of the molecule is CC1(C)COC2(CC(c3ccc(/C=C/CC(O)(C#N)CC#N)cc3)C3=C4CC[C@@]5(C)[C@@H](CC[C@@]5(O)C(F)(F)C(F)(F)F)[C@@H]4CC[C@@]3(O)C2)OC1. The Morgan fingerprint density at radius 3 is 2.22 bits per heavy atom. The third-order valence-electron chi connectivity index (χ3n) is 12.6. The lowest BCUT2D eigenvalue weighted by Crippen LogP contribution is -2.65. The zero-order chi connectivity index (χ0) is 36.6. The number of alkyl halides is 5. The van der Waals surface area contributed by atoms with Gasteiger partial charge in [0, 0.05) is 36.0 Å². The van der Waals surface area contributed by atoms with Gasteiger partial charge in [-0.15, -0.1) is 0 Å². The van der Waals surface area contributed by atoms with Crippen LogP contribution in [0.2, 0.25) is 0 Å². The second kappa shape index (κ2) is 12.1. The first-order valence-electron chi connectivity index (χ1n) is 17.4. The van der Waals surface area contributed by atoms with Gasteiger partial charge in [0.15, 0.2) is 11.4 Å². The quantitative estimate of drug-likeness (QED) is 0.159.